The molecule has 2 atom stereocenters. The summed E-state index contributed by atoms with van der Waals surface area (Å²) in [5.41, 5.74) is 2.40. The fourth-order valence-corrected chi connectivity index (χ4v) is 2.62. The molecule has 0 spiro atoms. The van der Waals surface area contributed by atoms with Crippen LogP contribution in [0.2, 0.25) is 0 Å². The molecule has 0 saturated heterocycles. The Morgan fingerprint density at radius 2 is 2.14 bits per heavy atom. The lowest BCUT2D eigenvalue weighted by molar-refractivity contribution is -0.136. The second-order valence-electron chi connectivity index (χ2n) is 5.50. The molecule has 1 aromatic heterocycles. The molecule has 3 rings (SSSR count). The zero-order valence-corrected chi connectivity index (χ0v) is 11.9. The maximum absolute atomic E-state index is 12.2. The van der Waals surface area contributed by atoms with Crippen molar-refractivity contribution in [1.82, 2.24) is 4.98 Å². The van der Waals surface area contributed by atoms with E-state index >= 15 is 0 Å². The number of anilines is 1. The largest absolute Gasteiger partial charge is 0.481 e. The van der Waals surface area contributed by atoms with Crippen LogP contribution in [0.1, 0.15) is 23.5 Å². The lowest BCUT2D eigenvalue weighted by Gasteiger charge is -2.06. The Kier molecular flexibility index (Phi) is 3.87. The molecule has 1 saturated carbocycles. The number of nitrogens with one attached hydrogen (secondary N) is 1. The summed E-state index contributed by atoms with van der Waals surface area (Å²) in [6.45, 7) is 0. The summed E-state index contributed by atoms with van der Waals surface area (Å²) in [6.07, 6.45) is 4.29. The number of amides is 1. The minimum Gasteiger partial charge on any atom is -0.481 e. The van der Waals surface area contributed by atoms with Crippen LogP contribution in [0.3, 0.4) is 0 Å². The van der Waals surface area contributed by atoms with Gasteiger partial charge >= 0.3 is 5.97 Å². The number of hydrogen-bond donors (Lipinski definition) is 2. The van der Waals surface area contributed by atoms with Crippen LogP contribution in [-0.4, -0.2) is 22.0 Å². The van der Waals surface area contributed by atoms with E-state index in [1.54, 1.807) is 36.7 Å². The highest BCUT2D eigenvalue weighted by atomic mass is 16.4. The number of carbonyl (C=O) groups is 2. The van der Waals surface area contributed by atoms with Crippen LogP contribution >= 0.6 is 0 Å². The van der Waals surface area contributed by atoms with Crippen LogP contribution in [0.25, 0.3) is 0 Å². The summed E-state index contributed by atoms with van der Waals surface area (Å²) in [5, 5.41) is 11.7. The summed E-state index contributed by atoms with van der Waals surface area (Å²) in [6, 6.07) is 10.8. The normalized spacial score (nSPS) is 19.5. The first-order chi connectivity index (χ1) is 10.6. The number of rotatable bonds is 5. The predicted octanol–water partition coefficient (Wildman–Crippen LogP) is 2.45. The van der Waals surface area contributed by atoms with Gasteiger partial charge in [-0.15, -0.1) is 0 Å². The lowest BCUT2D eigenvalue weighted by atomic mass is 10.1. The molecule has 22 heavy (non-hydrogen) atoms. The Hall–Kier alpha value is -2.69. The van der Waals surface area contributed by atoms with E-state index in [0.29, 0.717) is 11.3 Å². The number of carboxylic acid groups (broad SMARTS) is 1. The number of benzene rings is 1. The first-order valence-corrected chi connectivity index (χ1v) is 7.15. The molecule has 5 nitrogen and oxygen atoms in total. The third-order valence-electron chi connectivity index (χ3n) is 3.79. The van der Waals surface area contributed by atoms with Gasteiger partial charge in [-0.3, -0.25) is 14.6 Å². The first kappa shape index (κ1) is 14.3. The van der Waals surface area contributed by atoms with Gasteiger partial charge in [0.25, 0.3) is 0 Å². The zero-order chi connectivity index (χ0) is 15.5. The van der Waals surface area contributed by atoms with Crippen molar-refractivity contribution in [3.05, 3.63) is 59.9 Å². The highest BCUT2D eigenvalue weighted by molar-refractivity contribution is 5.95. The van der Waals surface area contributed by atoms with Crippen molar-refractivity contribution in [3.63, 3.8) is 0 Å². The average Bonchev–Trinajstić information content (AvgIpc) is 3.28. The van der Waals surface area contributed by atoms with E-state index in [4.69, 9.17) is 5.11 Å². The highest BCUT2D eigenvalue weighted by Crippen LogP contribution is 2.47. The molecule has 2 aromatic rings. The maximum Gasteiger partial charge on any atom is 0.307 e. The number of carboxylic acids is 1. The third-order valence-corrected chi connectivity index (χ3v) is 3.79. The van der Waals surface area contributed by atoms with Gasteiger partial charge in [-0.25, -0.2) is 0 Å². The maximum atomic E-state index is 12.2. The lowest BCUT2D eigenvalue weighted by Crippen LogP contribution is -2.14. The molecule has 0 bridgehead atoms. The van der Waals surface area contributed by atoms with Gasteiger partial charge < -0.3 is 10.4 Å². The molecular weight excluding hydrogens is 280 g/mol. The second-order valence-corrected chi connectivity index (χ2v) is 5.50. The Morgan fingerprint density at radius 3 is 2.86 bits per heavy atom. The van der Waals surface area contributed by atoms with Crippen LogP contribution in [0, 0.1) is 5.92 Å². The van der Waals surface area contributed by atoms with Gasteiger partial charge in [0.1, 0.15) is 0 Å². The van der Waals surface area contributed by atoms with Gasteiger partial charge in [-0.05, 0) is 41.7 Å². The van der Waals surface area contributed by atoms with Gasteiger partial charge in [0.15, 0.2) is 0 Å². The summed E-state index contributed by atoms with van der Waals surface area (Å²) in [4.78, 5) is 27.0. The molecule has 5 heteroatoms. The Labute approximate surface area is 128 Å². The van der Waals surface area contributed by atoms with Crippen molar-refractivity contribution < 1.29 is 14.7 Å². The van der Waals surface area contributed by atoms with Crippen molar-refractivity contribution in [2.24, 2.45) is 5.92 Å². The van der Waals surface area contributed by atoms with E-state index in [0.717, 1.165) is 12.0 Å². The van der Waals surface area contributed by atoms with E-state index in [1.165, 1.54) is 0 Å². The molecule has 1 amide bonds. The summed E-state index contributed by atoms with van der Waals surface area (Å²) < 4.78 is 0. The number of aromatic nitrogens is 1. The summed E-state index contributed by atoms with van der Waals surface area (Å²) >= 11 is 0. The van der Waals surface area contributed by atoms with E-state index < -0.39 is 5.97 Å². The molecule has 1 aliphatic carbocycles. The number of hydrogen-bond acceptors (Lipinski definition) is 3. The molecule has 1 aliphatic rings. The van der Waals surface area contributed by atoms with Gasteiger partial charge in [-0.1, -0.05) is 18.2 Å². The third kappa shape index (κ3) is 3.31. The minimum atomic E-state index is -0.887. The predicted molar refractivity (Wildman–Crippen MR) is 81.5 cm³/mol. The van der Waals surface area contributed by atoms with Gasteiger partial charge in [0.05, 0.1) is 6.42 Å². The fourth-order valence-electron chi connectivity index (χ4n) is 2.62. The molecule has 112 valence electrons. The van der Waals surface area contributed by atoms with Gasteiger partial charge in [0.2, 0.25) is 5.91 Å². The Balaban J connectivity index is 1.62. The van der Waals surface area contributed by atoms with E-state index in [-0.39, 0.29) is 24.2 Å². The second kappa shape index (κ2) is 5.97. The fraction of sp³-hybridized carbons (Fsp3) is 0.235. The van der Waals surface area contributed by atoms with Crippen LogP contribution in [0.4, 0.5) is 5.69 Å². The minimum absolute atomic E-state index is 0.0265. The van der Waals surface area contributed by atoms with Gasteiger partial charge in [0, 0.05) is 24.0 Å². The molecule has 0 radical (unpaired) electrons. The SMILES string of the molecule is O=C(O)Cc1cccc(NC(=O)[C@H]2C[C@H]2c2cccnc2)c1. The quantitative estimate of drug-likeness (QED) is 0.888. The molecule has 0 unspecified atom stereocenters. The average molecular weight is 296 g/mol. The zero-order valence-electron chi connectivity index (χ0n) is 11.9. The number of nitrogens with zero attached hydrogens (tertiary/aromatic N) is 1. The first-order valence-electron chi connectivity index (χ1n) is 7.15. The Bertz CT molecular complexity index is 700. The van der Waals surface area contributed by atoms with E-state index in [1.807, 2.05) is 12.1 Å². The molecule has 1 fully saturated rings. The summed E-state index contributed by atoms with van der Waals surface area (Å²) in [5.74, 6) is -0.716. The molecule has 2 N–H and O–H groups in total. The van der Waals surface area contributed by atoms with Crippen molar-refractivity contribution in [3.8, 4) is 0 Å². The van der Waals surface area contributed by atoms with Gasteiger partial charge in [-0.2, -0.15) is 0 Å². The van der Waals surface area contributed by atoms with Crippen LogP contribution < -0.4 is 5.32 Å². The van der Waals surface area contributed by atoms with E-state index in [9.17, 15) is 9.59 Å². The highest BCUT2D eigenvalue weighted by Gasteiger charge is 2.44. The number of pyridine rings is 1. The smallest absolute Gasteiger partial charge is 0.307 e. The summed E-state index contributed by atoms with van der Waals surface area (Å²) in [7, 11) is 0. The van der Waals surface area contributed by atoms with Crippen LogP contribution in [0.5, 0.6) is 0 Å². The Morgan fingerprint density at radius 1 is 1.27 bits per heavy atom. The topological polar surface area (TPSA) is 79.3 Å². The standard InChI is InChI=1S/C17H16N2O3/c20-16(21)8-11-3-1-5-13(7-11)19-17(22)15-9-14(15)12-4-2-6-18-10-12/h1-7,10,14-15H,8-9H2,(H,19,22)(H,20,21)/t14-,15-/m0/s1. The molecule has 0 aliphatic heterocycles. The molecule has 1 aromatic carbocycles. The van der Waals surface area contributed by atoms with Crippen LogP contribution in [0.15, 0.2) is 48.8 Å². The molecule has 1 heterocycles. The van der Waals surface area contributed by atoms with Crippen molar-refractivity contribution in [2.45, 2.75) is 18.8 Å². The molecular formula is C17H16N2O3. The van der Waals surface area contributed by atoms with Crippen molar-refractivity contribution in [2.75, 3.05) is 5.32 Å². The van der Waals surface area contributed by atoms with Crippen LogP contribution in [-0.2, 0) is 16.0 Å². The van der Waals surface area contributed by atoms with Crippen molar-refractivity contribution >= 4 is 17.6 Å². The number of carbonyl (C=O) groups excluding carboxylic acids is 1. The van der Waals surface area contributed by atoms with Crippen molar-refractivity contribution in [1.29, 1.82) is 0 Å². The number of aliphatic carboxylic acids is 1. The van der Waals surface area contributed by atoms with E-state index in [2.05, 4.69) is 10.3 Å². The monoisotopic (exact) mass is 296 g/mol.